The lowest BCUT2D eigenvalue weighted by Gasteiger charge is -2.15. The molecule has 0 bridgehead atoms. The van der Waals surface area contributed by atoms with Crippen molar-refractivity contribution in [1.29, 1.82) is 0 Å². The number of hydrogen-bond donors (Lipinski definition) is 2. The Morgan fingerprint density at radius 1 is 0.882 bits per heavy atom. The average molecular weight is 227 g/mol. The highest BCUT2D eigenvalue weighted by molar-refractivity contribution is 5.63. The Bertz CT molecular complexity index is 462. The van der Waals surface area contributed by atoms with E-state index >= 15 is 0 Å². The summed E-state index contributed by atoms with van der Waals surface area (Å²) < 4.78 is 0. The van der Waals surface area contributed by atoms with Gasteiger partial charge in [0.2, 0.25) is 0 Å². The summed E-state index contributed by atoms with van der Waals surface area (Å²) in [6.45, 7) is 1.70. The van der Waals surface area contributed by atoms with E-state index in [2.05, 4.69) is 12.1 Å². The van der Waals surface area contributed by atoms with Gasteiger partial charge in [0.1, 0.15) is 0 Å². The zero-order chi connectivity index (χ0) is 12.3. The highest BCUT2D eigenvalue weighted by atomic mass is 16.3. The molecule has 2 atom stereocenters. The van der Waals surface area contributed by atoms with Gasteiger partial charge in [-0.3, -0.25) is 0 Å². The van der Waals surface area contributed by atoms with Crippen LogP contribution in [0.25, 0.3) is 11.1 Å². The average Bonchev–Trinajstić information content (AvgIpc) is 2.39. The van der Waals surface area contributed by atoms with Crippen molar-refractivity contribution in [2.45, 2.75) is 19.1 Å². The van der Waals surface area contributed by atoms with Crippen LogP contribution in [0.2, 0.25) is 0 Å². The molecule has 2 aromatic carbocycles. The first-order valence-corrected chi connectivity index (χ1v) is 5.77. The maximum atomic E-state index is 9.44. The van der Waals surface area contributed by atoms with E-state index in [0.29, 0.717) is 0 Å². The number of hydrogen-bond acceptors (Lipinski definition) is 2. The van der Waals surface area contributed by atoms with Crippen molar-refractivity contribution < 1.29 is 5.11 Å². The molecule has 0 saturated heterocycles. The SMILES string of the molecule is C[C@H](O)[C@H](N)c1ccc(-c2ccccc2)cc1. The van der Waals surface area contributed by atoms with E-state index < -0.39 is 6.10 Å². The third-order valence-corrected chi connectivity index (χ3v) is 2.92. The smallest absolute Gasteiger partial charge is 0.0704 e. The predicted molar refractivity (Wildman–Crippen MR) is 70.5 cm³/mol. The summed E-state index contributed by atoms with van der Waals surface area (Å²) in [5.41, 5.74) is 9.18. The van der Waals surface area contributed by atoms with Crippen LogP contribution in [0.5, 0.6) is 0 Å². The normalized spacial score (nSPS) is 14.3. The van der Waals surface area contributed by atoms with Crippen LogP contribution in [-0.4, -0.2) is 11.2 Å². The fourth-order valence-corrected chi connectivity index (χ4v) is 1.81. The van der Waals surface area contributed by atoms with Gasteiger partial charge in [-0.25, -0.2) is 0 Å². The van der Waals surface area contributed by atoms with E-state index in [4.69, 9.17) is 5.73 Å². The van der Waals surface area contributed by atoms with Gasteiger partial charge in [-0.2, -0.15) is 0 Å². The van der Waals surface area contributed by atoms with Crippen LogP contribution < -0.4 is 5.73 Å². The Labute approximate surface area is 102 Å². The summed E-state index contributed by atoms with van der Waals surface area (Å²) in [6, 6.07) is 17.9. The minimum atomic E-state index is -0.530. The van der Waals surface area contributed by atoms with Crippen LogP contribution in [-0.2, 0) is 0 Å². The van der Waals surface area contributed by atoms with Gasteiger partial charge in [-0.05, 0) is 23.6 Å². The molecule has 2 heteroatoms. The molecule has 2 rings (SSSR count). The van der Waals surface area contributed by atoms with Gasteiger partial charge >= 0.3 is 0 Å². The monoisotopic (exact) mass is 227 g/mol. The molecule has 0 saturated carbocycles. The van der Waals surface area contributed by atoms with Crippen LogP contribution in [0.15, 0.2) is 54.6 Å². The van der Waals surface area contributed by atoms with E-state index in [1.165, 1.54) is 5.56 Å². The molecule has 0 aliphatic heterocycles. The van der Waals surface area contributed by atoms with Crippen molar-refractivity contribution in [2.75, 3.05) is 0 Å². The number of aliphatic hydroxyl groups excluding tert-OH is 1. The molecular formula is C15H17NO. The van der Waals surface area contributed by atoms with E-state index in [-0.39, 0.29) is 6.04 Å². The molecule has 0 spiro atoms. The summed E-state index contributed by atoms with van der Waals surface area (Å²) in [6.07, 6.45) is -0.530. The van der Waals surface area contributed by atoms with Crippen LogP contribution in [0.1, 0.15) is 18.5 Å². The Morgan fingerprint density at radius 2 is 1.41 bits per heavy atom. The highest BCUT2D eigenvalue weighted by Gasteiger charge is 2.11. The van der Waals surface area contributed by atoms with E-state index in [0.717, 1.165) is 11.1 Å². The molecule has 2 aromatic rings. The highest BCUT2D eigenvalue weighted by Crippen LogP contribution is 2.22. The van der Waals surface area contributed by atoms with Gasteiger partial charge in [0.15, 0.2) is 0 Å². The van der Waals surface area contributed by atoms with Crippen molar-refractivity contribution in [3.63, 3.8) is 0 Å². The summed E-state index contributed by atoms with van der Waals surface area (Å²) in [5.74, 6) is 0. The summed E-state index contributed by atoms with van der Waals surface area (Å²) >= 11 is 0. The van der Waals surface area contributed by atoms with Gasteiger partial charge in [-0.15, -0.1) is 0 Å². The third kappa shape index (κ3) is 2.73. The first-order valence-electron chi connectivity index (χ1n) is 5.77. The number of rotatable bonds is 3. The fourth-order valence-electron chi connectivity index (χ4n) is 1.81. The molecule has 3 N–H and O–H groups in total. The van der Waals surface area contributed by atoms with Crippen molar-refractivity contribution in [3.8, 4) is 11.1 Å². The Hall–Kier alpha value is -1.64. The molecule has 0 aromatic heterocycles. The van der Waals surface area contributed by atoms with Gasteiger partial charge in [-0.1, -0.05) is 54.6 Å². The van der Waals surface area contributed by atoms with Gasteiger partial charge in [0, 0.05) is 0 Å². The maximum Gasteiger partial charge on any atom is 0.0704 e. The lowest BCUT2D eigenvalue weighted by Crippen LogP contribution is -2.22. The molecule has 0 amide bonds. The quantitative estimate of drug-likeness (QED) is 0.847. The summed E-state index contributed by atoms with van der Waals surface area (Å²) in [4.78, 5) is 0. The number of aliphatic hydroxyl groups is 1. The molecular weight excluding hydrogens is 210 g/mol. The lowest BCUT2D eigenvalue weighted by molar-refractivity contribution is 0.164. The molecule has 88 valence electrons. The Kier molecular flexibility index (Phi) is 3.57. The zero-order valence-electron chi connectivity index (χ0n) is 9.88. The van der Waals surface area contributed by atoms with Gasteiger partial charge in [0.05, 0.1) is 12.1 Å². The van der Waals surface area contributed by atoms with Crippen LogP contribution in [0, 0.1) is 0 Å². The van der Waals surface area contributed by atoms with Gasteiger partial charge in [0.25, 0.3) is 0 Å². The zero-order valence-corrected chi connectivity index (χ0v) is 9.88. The first-order chi connectivity index (χ1) is 8.18. The van der Waals surface area contributed by atoms with Crippen molar-refractivity contribution >= 4 is 0 Å². The first kappa shape index (κ1) is 11.8. The van der Waals surface area contributed by atoms with Gasteiger partial charge < -0.3 is 10.8 Å². The predicted octanol–water partition coefficient (Wildman–Crippen LogP) is 2.73. The van der Waals surface area contributed by atoms with E-state index in [1.54, 1.807) is 6.92 Å². The van der Waals surface area contributed by atoms with Crippen LogP contribution >= 0.6 is 0 Å². The van der Waals surface area contributed by atoms with Crippen molar-refractivity contribution in [3.05, 3.63) is 60.2 Å². The molecule has 17 heavy (non-hydrogen) atoms. The molecule has 0 fully saturated rings. The minimum absolute atomic E-state index is 0.320. The largest absolute Gasteiger partial charge is 0.391 e. The van der Waals surface area contributed by atoms with E-state index in [1.807, 2.05) is 42.5 Å². The molecule has 2 nitrogen and oxygen atoms in total. The number of nitrogens with two attached hydrogens (primary N) is 1. The number of benzene rings is 2. The third-order valence-electron chi connectivity index (χ3n) is 2.92. The molecule has 0 radical (unpaired) electrons. The van der Waals surface area contributed by atoms with Crippen molar-refractivity contribution in [2.24, 2.45) is 5.73 Å². The second kappa shape index (κ2) is 5.13. The minimum Gasteiger partial charge on any atom is -0.391 e. The summed E-state index contributed by atoms with van der Waals surface area (Å²) in [7, 11) is 0. The Morgan fingerprint density at radius 3 is 1.94 bits per heavy atom. The lowest BCUT2D eigenvalue weighted by atomic mass is 9.99. The molecule has 0 aliphatic rings. The van der Waals surface area contributed by atoms with Crippen LogP contribution in [0.4, 0.5) is 0 Å². The Balaban J connectivity index is 2.25. The second-order valence-electron chi connectivity index (χ2n) is 4.25. The van der Waals surface area contributed by atoms with E-state index in [9.17, 15) is 5.11 Å². The maximum absolute atomic E-state index is 9.44. The topological polar surface area (TPSA) is 46.2 Å². The second-order valence-corrected chi connectivity index (χ2v) is 4.25. The standard InChI is InChI=1S/C15H17NO/c1-11(17)15(16)14-9-7-13(8-10-14)12-5-3-2-4-6-12/h2-11,15,17H,16H2,1H3/t11-,15-/m0/s1. The molecule has 0 heterocycles. The van der Waals surface area contributed by atoms with Crippen LogP contribution in [0.3, 0.4) is 0 Å². The molecule has 0 unspecified atom stereocenters. The van der Waals surface area contributed by atoms with Crippen molar-refractivity contribution in [1.82, 2.24) is 0 Å². The summed E-state index contributed by atoms with van der Waals surface area (Å²) in [5, 5.41) is 9.44. The fraction of sp³-hybridized carbons (Fsp3) is 0.200. The molecule has 0 aliphatic carbocycles.